The monoisotopic (exact) mass is 2080 g/mol. The maximum atomic E-state index is 12.9. The fourth-order valence-corrected chi connectivity index (χ4v) is 18.2. The van der Waals surface area contributed by atoms with Crippen molar-refractivity contribution in [2.45, 2.75) is 4.90 Å². The molecule has 0 saturated heterocycles. The normalized spacial score (nSPS) is 10.7. The van der Waals surface area contributed by atoms with Gasteiger partial charge in [-0.15, -0.1) is 104 Å². The molecule has 5 heterocycles. The number of hydrogen-bond donors (Lipinski definition) is 18. The van der Waals surface area contributed by atoms with Gasteiger partial charge in [-0.1, -0.05) is 88.7 Å². The largest absolute Gasteiger partial charge is 0.508 e. The number of hydrogen-bond acceptors (Lipinski definition) is 32. The molecule has 40 heteroatoms. The quantitative estimate of drug-likeness (QED) is 0.00841. The zero-order valence-electron chi connectivity index (χ0n) is 70.3. The van der Waals surface area contributed by atoms with E-state index in [2.05, 4.69) is 33.9 Å². The molecule has 134 heavy (non-hydrogen) atoms. The zero-order chi connectivity index (χ0) is 97.7. The molecule has 0 unspecified atom stereocenters. The maximum Gasteiger partial charge on any atom is 0.394 e. The molecule has 0 radical (unpaired) electrons. The highest BCUT2D eigenvalue weighted by Gasteiger charge is 2.20. The van der Waals surface area contributed by atoms with Crippen LogP contribution >= 0.6 is 120 Å². The molecule has 17 N–H and O–H groups in total. The van der Waals surface area contributed by atoms with Gasteiger partial charge in [-0.2, -0.15) is 8.42 Å². The van der Waals surface area contributed by atoms with E-state index in [4.69, 9.17) is 102 Å². The Labute approximate surface area is 811 Å². The van der Waals surface area contributed by atoms with Crippen molar-refractivity contribution in [2.24, 2.45) is 0 Å². The summed E-state index contributed by atoms with van der Waals surface area (Å²) >= 11 is 30.2. The molecule has 5 aromatic heterocycles. The van der Waals surface area contributed by atoms with Gasteiger partial charge in [0.05, 0.1) is 94.2 Å². The number of aliphatic hydroxyl groups excluding tert-OH is 4. The fraction of sp³-hybridized carbons (Fsp3) is 0.170. The van der Waals surface area contributed by atoms with Crippen LogP contribution in [0.1, 0.15) is 10.4 Å². The standard InChI is InChI=1S/C19H21NO5S.2C15H11ClO3S.2C13H8O3S.C7H6O2S.C6H6O2.C4H11NO2.C2H4BrCl.H2O4S/c21-10-7-20(8-11-22)9-12-25-15-6-5-14(23)19-17(15)18(24)13-3-1-2-4-16(13)26-19;2*16-7-8-19-11-6-5-10(17)15-13(11)14(18)9-3-1-2-4-12(9)20-15;2*14-8-5-6-9(15)13-11(8)12(16)7-3-1-2-4-10(7)17-13;8-7(9)5-3-1-2-4-6(5)10;7-5-1-2-6(8)4-3-5;6-3-1-5-2-4-7;3-1-2-4;1-5(2,3)4/h1-6,21-23H,7-12H2;2*1-6,17H,7-8H2;2*1-6,14-15H;1-4,10H,(H,8,9);1-4,7-8H;5-7H,1-4H2;1-2H2;(H2,1,2,3,4). The minimum absolute atomic E-state index is 0.000513. The van der Waals surface area contributed by atoms with Gasteiger partial charge in [0.1, 0.15) is 88.8 Å². The molecular weight excluding hydrogens is 2000 g/mol. The van der Waals surface area contributed by atoms with Crippen molar-refractivity contribution in [3.8, 4) is 69.0 Å². The molecule has 706 valence electrons. The summed E-state index contributed by atoms with van der Waals surface area (Å²) in [6.07, 6.45) is 0. The predicted molar refractivity (Wildman–Crippen MR) is 544 cm³/mol. The molecule has 0 amide bonds. The Balaban J connectivity index is 0.000000190. The number of nitrogens with one attached hydrogen (secondary N) is 1. The van der Waals surface area contributed by atoms with Gasteiger partial charge in [0, 0.05) is 99.3 Å². The van der Waals surface area contributed by atoms with Gasteiger partial charge in [-0.05, 0) is 158 Å². The smallest absolute Gasteiger partial charge is 0.394 e. The molecule has 17 rings (SSSR count). The van der Waals surface area contributed by atoms with Crippen LogP contribution in [0.15, 0.2) is 259 Å². The summed E-state index contributed by atoms with van der Waals surface area (Å²) in [5, 5.41) is 138. The Bertz CT molecular complexity index is 6990. The van der Waals surface area contributed by atoms with E-state index >= 15 is 0 Å². The van der Waals surface area contributed by atoms with Crippen LogP contribution in [-0.4, -0.2) is 202 Å². The summed E-state index contributed by atoms with van der Waals surface area (Å²) in [6.45, 7) is 3.75. The Morgan fingerprint density at radius 3 is 0.873 bits per heavy atom. The minimum Gasteiger partial charge on any atom is -0.508 e. The van der Waals surface area contributed by atoms with Crippen LogP contribution < -0.4 is 46.7 Å². The highest BCUT2D eigenvalue weighted by molar-refractivity contribution is 9.09. The Kier molecular flexibility index (Phi) is 43.6. The predicted octanol–water partition coefficient (Wildman–Crippen LogP) is 17.2. The van der Waals surface area contributed by atoms with E-state index in [0.717, 1.165) is 28.8 Å². The van der Waals surface area contributed by atoms with Gasteiger partial charge in [-0.25, -0.2) is 4.79 Å². The average Bonchev–Trinajstić information content (AvgIpc) is 0.783. The van der Waals surface area contributed by atoms with Crippen LogP contribution in [0.25, 0.3) is 101 Å². The van der Waals surface area contributed by atoms with Crippen molar-refractivity contribution in [1.82, 2.24) is 10.2 Å². The SMILES string of the molecule is ClCCBr.O=C(O)c1ccccc1S.O=S(=O)(O)O.O=c1c2ccccc2sc2c(O)ccc(O)c12.O=c1c2ccccc2sc2c(O)ccc(O)c12.O=c1c2ccccc2sc2c(O)ccc(OCCCl)c12.O=c1c2ccccc2sc2c(O)ccc(OCCCl)c12.O=c1c2ccccc2sc2c(O)ccc(OCCN(CCO)CCO)c12.OCCNCCO.Oc1ccc(O)cc1. The summed E-state index contributed by atoms with van der Waals surface area (Å²) < 4.78 is 55.0. The fourth-order valence-electron chi connectivity index (χ4n) is 12.3. The lowest BCUT2D eigenvalue weighted by Crippen LogP contribution is -2.33. The van der Waals surface area contributed by atoms with Crippen molar-refractivity contribution in [3.05, 3.63) is 287 Å². The van der Waals surface area contributed by atoms with Crippen LogP contribution in [0.3, 0.4) is 0 Å². The molecule has 29 nitrogen and oxygen atoms in total. The number of nitrogens with zero attached hydrogens (tertiary/aromatic N) is 1. The second-order valence-electron chi connectivity index (χ2n) is 27.2. The van der Waals surface area contributed by atoms with Crippen molar-refractivity contribution >= 4 is 237 Å². The minimum atomic E-state index is -4.67. The number of rotatable bonds is 20. The van der Waals surface area contributed by atoms with Gasteiger partial charge < -0.3 is 91.0 Å². The third kappa shape index (κ3) is 30.2. The summed E-state index contributed by atoms with van der Waals surface area (Å²) in [7, 11) is -4.67. The van der Waals surface area contributed by atoms with Crippen LogP contribution in [0.2, 0.25) is 0 Å². The molecule has 0 atom stereocenters. The van der Waals surface area contributed by atoms with Crippen LogP contribution in [0.5, 0.6) is 69.0 Å². The molecule has 0 spiro atoms. The number of aliphatic hydroxyl groups is 4. The molecular formula is C94H88BrCl3N2O27S7. The highest BCUT2D eigenvalue weighted by Crippen LogP contribution is 2.42. The zero-order valence-corrected chi connectivity index (χ0v) is 79.9. The topological polar surface area (TPSA) is 503 Å². The van der Waals surface area contributed by atoms with Crippen molar-refractivity contribution in [3.63, 3.8) is 0 Å². The van der Waals surface area contributed by atoms with Crippen LogP contribution in [0.4, 0.5) is 0 Å². The van der Waals surface area contributed by atoms with Gasteiger partial charge in [0.25, 0.3) is 0 Å². The number of carbonyl (C=O) groups is 1. The van der Waals surface area contributed by atoms with E-state index < -0.39 is 16.4 Å². The van der Waals surface area contributed by atoms with Gasteiger partial charge in [0.2, 0.25) is 0 Å². The van der Waals surface area contributed by atoms with Gasteiger partial charge in [0.15, 0.2) is 27.1 Å². The third-order valence-electron chi connectivity index (χ3n) is 18.2. The van der Waals surface area contributed by atoms with E-state index in [1.807, 2.05) is 83.8 Å². The number of alkyl halides is 4. The Morgan fingerprint density at radius 1 is 0.358 bits per heavy atom. The summed E-state index contributed by atoms with van der Waals surface area (Å²) in [5.74, 6) is 2.23. The highest BCUT2D eigenvalue weighted by atomic mass is 79.9. The number of phenolic OH excluding ortho intramolecular Hbond substituents is 9. The first-order valence-electron chi connectivity index (χ1n) is 39.7. The number of thiol groups is 1. The number of carboxylic acids is 1. The van der Waals surface area contributed by atoms with E-state index in [1.54, 1.807) is 78.9 Å². The van der Waals surface area contributed by atoms with Crippen molar-refractivity contribution in [2.75, 3.05) is 102 Å². The summed E-state index contributed by atoms with van der Waals surface area (Å²) in [6, 6.07) is 63.5. The number of aromatic carboxylic acids is 1. The maximum absolute atomic E-state index is 12.9. The average molecular weight is 2090 g/mol. The number of carboxylic acid groups (broad SMARTS) is 1. The van der Waals surface area contributed by atoms with Crippen LogP contribution in [-0.2, 0) is 10.4 Å². The molecule has 0 aliphatic carbocycles. The Hall–Kier alpha value is -11.5. The van der Waals surface area contributed by atoms with Crippen LogP contribution in [0, 0.1) is 0 Å². The molecule has 0 aliphatic rings. The lowest BCUT2D eigenvalue weighted by molar-refractivity contribution is 0.0692. The molecule has 0 fully saturated rings. The summed E-state index contributed by atoms with van der Waals surface area (Å²) in [4.78, 5) is 75.3. The van der Waals surface area contributed by atoms with E-state index in [9.17, 15) is 64.5 Å². The number of benzene rings is 12. The number of halogens is 4. The number of aromatic hydroxyl groups is 9. The van der Waals surface area contributed by atoms with Crippen molar-refractivity contribution in [1.29, 1.82) is 0 Å². The van der Waals surface area contributed by atoms with E-state index in [1.165, 1.54) is 129 Å². The number of phenols is 9. The lowest BCUT2D eigenvalue weighted by Gasteiger charge is -2.20. The molecule has 0 aliphatic heterocycles. The van der Waals surface area contributed by atoms with E-state index in [0.29, 0.717) is 159 Å². The molecule has 12 aromatic carbocycles. The van der Waals surface area contributed by atoms with Gasteiger partial charge >= 0.3 is 16.4 Å². The first-order valence-corrected chi connectivity index (χ1v) is 48.4. The second kappa shape index (κ2) is 54.1. The first kappa shape index (κ1) is 108. The molecule has 17 aromatic rings. The molecule has 0 bridgehead atoms. The summed E-state index contributed by atoms with van der Waals surface area (Å²) in [5.41, 5.74) is -0.677. The first-order chi connectivity index (χ1) is 64.3. The van der Waals surface area contributed by atoms with Gasteiger partial charge in [-0.3, -0.25) is 38.0 Å². The third-order valence-corrected chi connectivity index (χ3v) is 25.9. The van der Waals surface area contributed by atoms with E-state index in [-0.39, 0.29) is 122 Å². The lowest BCUT2D eigenvalue weighted by atomic mass is 10.1. The Morgan fingerprint density at radius 2 is 0.612 bits per heavy atom. The molecule has 0 saturated carbocycles. The second-order valence-corrected chi connectivity index (χ2v) is 35.8. The van der Waals surface area contributed by atoms with Crippen molar-refractivity contribution < 1.29 is 108 Å². The number of fused-ring (bicyclic) bond motifs is 10. The number of ether oxygens (including phenoxy) is 3.